The summed E-state index contributed by atoms with van der Waals surface area (Å²) in [6, 6.07) is 14.1. The number of nitrogens with zero attached hydrogens (tertiary/aromatic N) is 2. The molecule has 0 amide bonds. The predicted octanol–water partition coefficient (Wildman–Crippen LogP) is 4.72. The van der Waals surface area contributed by atoms with Gasteiger partial charge in [-0.3, -0.25) is 4.98 Å². The van der Waals surface area contributed by atoms with Crippen LogP contribution in [0.1, 0.15) is 31.9 Å². The number of pyridine rings is 1. The van der Waals surface area contributed by atoms with Gasteiger partial charge in [0, 0.05) is 22.9 Å². The molecule has 1 atom stereocenters. The third kappa shape index (κ3) is 2.72. The van der Waals surface area contributed by atoms with Crippen LogP contribution in [-0.2, 0) is 0 Å². The second-order valence-corrected chi connectivity index (χ2v) is 5.13. The van der Waals surface area contributed by atoms with E-state index in [1.54, 1.807) is 6.20 Å². The van der Waals surface area contributed by atoms with Gasteiger partial charge in [-0.15, -0.1) is 0 Å². The minimum Gasteiger partial charge on any atom is -0.356 e. The van der Waals surface area contributed by atoms with Gasteiger partial charge in [0.1, 0.15) is 0 Å². The quantitative estimate of drug-likeness (QED) is 0.692. The highest BCUT2D eigenvalue weighted by molar-refractivity contribution is 5.80. The molecule has 0 saturated heterocycles. The second kappa shape index (κ2) is 5.92. The van der Waals surface area contributed by atoms with Gasteiger partial charge in [-0.2, -0.15) is 0 Å². The lowest BCUT2D eigenvalue weighted by Gasteiger charge is -2.12. The molecule has 0 saturated carbocycles. The van der Waals surface area contributed by atoms with Crippen LogP contribution in [0.15, 0.2) is 53.2 Å². The molecule has 3 aromatic rings. The molecule has 3 rings (SSSR count). The van der Waals surface area contributed by atoms with E-state index in [2.05, 4.69) is 48.4 Å². The summed E-state index contributed by atoms with van der Waals surface area (Å²) in [5, 5.41) is 3.82. The Labute approximate surface area is 124 Å². The Morgan fingerprint density at radius 3 is 2.67 bits per heavy atom. The summed E-state index contributed by atoms with van der Waals surface area (Å²) in [4.78, 5) is 4.51. The van der Waals surface area contributed by atoms with Crippen LogP contribution in [0, 0.1) is 6.20 Å². The zero-order chi connectivity index (χ0) is 14.7. The minimum absolute atomic E-state index is 0.396. The largest absolute Gasteiger partial charge is 0.356 e. The van der Waals surface area contributed by atoms with Gasteiger partial charge < -0.3 is 4.52 Å². The third-order valence-corrected chi connectivity index (χ3v) is 3.74. The molecular formula is C18H17N2O. The summed E-state index contributed by atoms with van der Waals surface area (Å²) in [5.41, 5.74) is 4.04. The Balaban J connectivity index is 2.16. The lowest BCUT2D eigenvalue weighted by Crippen LogP contribution is -1.98. The molecule has 2 heterocycles. The van der Waals surface area contributed by atoms with Crippen LogP contribution < -0.4 is 0 Å². The predicted molar refractivity (Wildman–Crippen MR) is 82.7 cm³/mol. The van der Waals surface area contributed by atoms with Crippen LogP contribution in [0.5, 0.6) is 0 Å². The SMILES string of the molecule is CCC(C)c1cc(-c2ccno2)c(-c2ccccc2)[c]n1. The van der Waals surface area contributed by atoms with Gasteiger partial charge in [0.25, 0.3) is 0 Å². The van der Waals surface area contributed by atoms with E-state index in [1.165, 1.54) is 0 Å². The molecule has 1 aromatic carbocycles. The molecule has 0 bridgehead atoms. The summed E-state index contributed by atoms with van der Waals surface area (Å²) in [6.45, 7) is 4.33. The highest BCUT2D eigenvalue weighted by Crippen LogP contribution is 2.33. The van der Waals surface area contributed by atoms with Crippen molar-refractivity contribution in [3.05, 3.63) is 60.6 Å². The van der Waals surface area contributed by atoms with E-state index in [9.17, 15) is 0 Å². The van der Waals surface area contributed by atoms with Crippen LogP contribution in [0.3, 0.4) is 0 Å². The number of aromatic nitrogens is 2. The van der Waals surface area contributed by atoms with Crippen molar-refractivity contribution in [3.8, 4) is 22.5 Å². The van der Waals surface area contributed by atoms with Crippen molar-refractivity contribution in [2.75, 3.05) is 0 Å². The first kappa shape index (κ1) is 13.6. The smallest absolute Gasteiger partial charge is 0.167 e. The molecule has 3 nitrogen and oxygen atoms in total. The summed E-state index contributed by atoms with van der Waals surface area (Å²) in [5.74, 6) is 1.14. The Morgan fingerprint density at radius 1 is 1.19 bits per heavy atom. The molecule has 0 aliphatic rings. The van der Waals surface area contributed by atoms with Gasteiger partial charge >= 0.3 is 0 Å². The fourth-order valence-electron chi connectivity index (χ4n) is 2.27. The number of hydrogen-bond donors (Lipinski definition) is 0. The van der Waals surface area contributed by atoms with Crippen molar-refractivity contribution in [3.63, 3.8) is 0 Å². The van der Waals surface area contributed by atoms with Crippen molar-refractivity contribution < 1.29 is 4.52 Å². The fraction of sp³-hybridized carbons (Fsp3) is 0.222. The maximum Gasteiger partial charge on any atom is 0.167 e. The topological polar surface area (TPSA) is 38.9 Å². The summed E-state index contributed by atoms with van der Waals surface area (Å²) < 4.78 is 5.35. The molecule has 0 aliphatic carbocycles. The summed E-state index contributed by atoms with van der Waals surface area (Å²) >= 11 is 0. The highest BCUT2D eigenvalue weighted by atomic mass is 16.5. The van der Waals surface area contributed by atoms with Crippen molar-refractivity contribution in [1.82, 2.24) is 10.1 Å². The molecule has 0 fully saturated rings. The van der Waals surface area contributed by atoms with Crippen LogP contribution in [0.2, 0.25) is 0 Å². The van der Waals surface area contributed by atoms with Gasteiger partial charge in [-0.1, -0.05) is 49.3 Å². The molecule has 0 aliphatic heterocycles. The number of rotatable bonds is 4. The molecule has 105 valence electrons. The molecule has 21 heavy (non-hydrogen) atoms. The van der Waals surface area contributed by atoms with E-state index in [0.717, 1.165) is 34.6 Å². The van der Waals surface area contributed by atoms with E-state index < -0.39 is 0 Å². The average Bonchev–Trinajstić information content (AvgIpc) is 3.09. The van der Waals surface area contributed by atoms with Gasteiger partial charge in [-0.25, -0.2) is 0 Å². The van der Waals surface area contributed by atoms with Gasteiger partial charge in [0.15, 0.2) is 5.76 Å². The fourth-order valence-corrected chi connectivity index (χ4v) is 2.27. The average molecular weight is 277 g/mol. The van der Waals surface area contributed by atoms with E-state index >= 15 is 0 Å². The van der Waals surface area contributed by atoms with E-state index in [4.69, 9.17) is 4.52 Å². The van der Waals surface area contributed by atoms with E-state index in [1.807, 2.05) is 24.3 Å². The first-order valence-electron chi connectivity index (χ1n) is 7.18. The van der Waals surface area contributed by atoms with Crippen LogP contribution in [0.4, 0.5) is 0 Å². The molecular weight excluding hydrogens is 260 g/mol. The van der Waals surface area contributed by atoms with Crippen molar-refractivity contribution in [1.29, 1.82) is 0 Å². The Kier molecular flexibility index (Phi) is 3.82. The number of hydrogen-bond acceptors (Lipinski definition) is 3. The highest BCUT2D eigenvalue weighted by Gasteiger charge is 2.15. The third-order valence-electron chi connectivity index (χ3n) is 3.74. The first-order chi connectivity index (χ1) is 10.3. The maximum atomic E-state index is 5.35. The van der Waals surface area contributed by atoms with Crippen LogP contribution in [0.25, 0.3) is 22.5 Å². The standard InChI is InChI=1S/C18H17N2O/c1-3-13(2)17-11-15(18-9-10-20-21-18)16(12-19-17)14-7-5-4-6-8-14/h4-11,13H,3H2,1-2H3. The van der Waals surface area contributed by atoms with Crippen molar-refractivity contribution in [2.45, 2.75) is 26.2 Å². The first-order valence-corrected chi connectivity index (χ1v) is 7.18. The Bertz CT molecular complexity index is 705. The van der Waals surface area contributed by atoms with E-state index in [0.29, 0.717) is 5.92 Å². The van der Waals surface area contributed by atoms with Gasteiger partial charge in [0.05, 0.1) is 12.4 Å². The molecule has 3 heteroatoms. The zero-order valence-electron chi connectivity index (χ0n) is 12.2. The van der Waals surface area contributed by atoms with Gasteiger partial charge in [0.2, 0.25) is 0 Å². The van der Waals surface area contributed by atoms with Gasteiger partial charge in [-0.05, 0) is 24.0 Å². The molecule has 0 spiro atoms. The normalized spacial score (nSPS) is 12.3. The lowest BCUT2D eigenvalue weighted by atomic mass is 9.96. The Morgan fingerprint density at radius 2 is 2.00 bits per heavy atom. The number of benzene rings is 1. The molecule has 2 aromatic heterocycles. The monoisotopic (exact) mass is 277 g/mol. The van der Waals surface area contributed by atoms with Crippen LogP contribution in [-0.4, -0.2) is 10.1 Å². The van der Waals surface area contributed by atoms with Crippen molar-refractivity contribution in [2.24, 2.45) is 0 Å². The minimum atomic E-state index is 0.396. The van der Waals surface area contributed by atoms with E-state index in [-0.39, 0.29) is 0 Å². The van der Waals surface area contributed by atoms with Crippen molar-refractivity contribution >= 4 is 0 Å². The summed E-state index contributed by atoms with van der Waals surface area (Å²) in [7, 11) is 0. The molecule has 0 N–H and O–H groups in total. The lowest BCUT2D eigenvalue weighted by molar-refractivity contribution is 0.432. The second-order valence-electron chi connectivity index (χ2n) is 5.13. The molecule has 1 radical (unpaired) electrons. The summed E-state index contributed by atoms with van der Waals surface area (Å²) in [6.07, 6.45) is 5.89. The molecule has 1 unspecified atom stereocenters. The maximum absolute atomic E-state index is 5.35. The Hall–Kier alpha value is -2.42. The zero-order valence-corrected chi connectivity index (χ0v) is 12.2. The van der Waals surface area contributed by atoms with Crippen LogP contribution >= 0.6 is 0 Å².